The highest BCUT2D eigenvalue weighted by molar-refractivity contribution is 7.16. The van der Waals surface area contributed by atoms with Gasteiger partial charge in [0.1, 0.15) is 10.6 Å². The molecule has 0 aliphatic carbocycles. The summed E-state index contributed by atoms with van der Waals surface area (Å²) in [7, 11) is 3.39. The molecule has 0 bridgehead atoms. The number of anilines is 2. The standard InChI is InChI=1S/C11H16N6OS/c1-17(2)11(18)14-5-4-13-8-7-3-6-19-9(7)16-10(12)15-8/h3,6H,4-5H2,1-2H3,(H,14,18)(H3,12,13,15,16). The number of thiophene rings is 1. The van der Waals surface area contributed by atoms with E-state index in [1.54, 1.807) is 14.1 Å². The second kappa shape index (κ2) is 5.70. The minimum absolute atomic E-state index is 0.121. The van der Waals surface area contributed by atoms with Crippen molar-refractivity contribution in [3.05, 3.63) is 11.4 Å². The number of rotatable bonds is 4. The summed E-state index contributed by atoms with van der Waals surface area (Å²) < 4.78 is 0. The second-order valence-electron chi connectivity index (χ2n) is 4.12. The summed E-state index contributed by atoms with van der Waals surface area (Å²) in [5.74, 6) is 0.942. The average molecular weight is 280 g/mol. The lowest BCUT2D eigenvalue weighted by molar-refractivity contribution is 0.218. The predicted molar refractivity (Wildman–Crippen MR) is 77.4 cm³/mol. The van der Waals surface area contributed by atoms with Gasteiger partial charge in [-0.05, 0) is 11.4 Å². The third-order valence-corrected chi connectivity index (χ3v) is 3.25. The SMILES string of the molecule is CN(C)C(=O)NCCNc1nc(N)nc2sccc12. The maximum atomic E-state index is 11.3. The molecule has 2 rings (SSSR count). The highest BCUT2D eigenvalue weighted by Crippen LogP contribution is 2.25. The summed E-state index contributed by atoms with van der Waals surface area (Å²) in [4.78, 5) is 22.0. The maximum absolute atomic E-state index is 11.3. The Balaban J connectivity index is 1.94. The highest BCUT2D eigenvalue weighted by atomic mass is 32.1. The van der Waals surface area contributed by atoms with Crippen LogP contribution >= 0.6 is 11.3 Å². The summed E-state index contributed by atoms with van der Waals surface area (Å²) >= 11 is 1.52. The van der Waals surface area contributed by atoms with Gasteiger partial charge < -0.3 is 21.3 Å². The Labute approximate surface area is 114 Å². The molecule has 2 heterocycles. The van der Waals surface area contributed by atoms with Crippen molar-refractivity contribution in [2.45, 2.75) is 0 Å². The molecule has 19 heavy (non-hydrogen) atoms. The number of amides is 2. The van der Waals surface area contributed by atoms with Gasteiger partial charge in [0.15, 0.2) is 0 Å². The van der Waals surface area contributed by atoms with Crippen molar-refractivity contribution in [1.82, 2.24) is 20.2 Å². The van der Waals surface area contributed by atoms with Crippen LogP contribution in [0.3, 0.4) is 0 Å². The van der Waals surface area contributed by atoms with Crippen molar-refractivity contribution in [3.8, 4) is 0 Å². The fourth-order valence-electron chi connectivity index (χ4n) is 1.52. The molecule has 7 nitrogen and oxygen atoms in total. The van der Waals surface area contributed by atoms with Crippen LogP contribution in [0.4, 0.5) is 16.6 Å². The van der Waals surface area contributed by atoms with Crippen molar-refractivity contribution in [1.29, 1.82) is 0 Å². The molecule has 0 fully saturated rings. The van der Waals surface area contributed by atoms with E-state index in [2.05, 4.69) is 20.6 Å². The fraction of sp³-hybridized carbons (Fsp3) is 0.364. The molecule has 0 radical (unpaired) electrons. The van der Waals surface area contributed by atoms with E-state index >= 15 is 0 Å². The number of nitrogens with one attached hydrogen (secondary N) is 2. The van der Waals surface area contributed by atoms with Gasteiger partial charge in [-0.25, -0.2) is 9.78 Å². The molecule has 0 aliphatic rings. The first-order valence-corrected chi connectivity index (χ1v) is 6.65. The quantitative estimate of drug-likeness (QED) is 0.725. The number of fused-ring (bicyclic) bond motifs is 1. The van der Waals surface area contributed by atoms with Gasteiger partial charge in [-0.3, -0.25) is 0 Å². The number of nitrogens with zero attached hydrogens (tertiary/aromatic N) is 3. The number of hydrogen-bond acceptors (Lipinski definition) is 6. The van der Waals surface area contributed by atoms with Crippen LogP contribution in [0.15, 0.2) is 11.4 Å². The fourth-order valence-corrected chi connectivity index (χ4v) is 2.29. The predicted octanol–water partition coefficient (Wildman–Crippen LogP) is 0.957. The lowest BCUT2D eigenvalue weighted by atomic mass is 10.4. The van der Waals surface area contributed by atoms with E-state index in [0.717, 1.165) is 10.2 Å². The van der Waals surface area contributed by atoms with Crippen LogP contribution in [0.5, 0.6) is 0 Å². The lowest BCUT2D eigenvalue weighted by Gasteiger charge is -2.12. The summed E-state index contributed by atoms with van der Waals surface area (Å²) in [6.07, 6.45) is 0. The number of carbonyl (C=O) groups is 1. The normalized spacial score (nSPS) is 10.4. The largest absolute Gasteiger partial charge is 0.368 e. The van der Waals surface area contributed by atoms with Gasteiger partial charge in [0.2, 0.25) is 5.95 Å². The van der Waals surface area contributed by atoms with Crippen molar-refractivity contribution in [2.75, 3.05) is 38.2 Å². The van der Waals surface area contributed by atoms with Crippen molar-refractivity contribution in [2.24, 2.45) is 0 Å². The van der Waals surface area contributed by atoms with E-state index in [1.807, 2.05) is 11.4 Å². The minimum atomic E-state index is -0.121. The first kappa shape index (κ1) is 13.3. The molecule has 2 amide bonds. The molecule has 0 saturated carbocycles. The minimum Gasteiger partial charge on any atom is -0.368 e. The van der Waals surface area contributed by atoms with Crippen molar-refractivity contribution in [3.63, 3.8) is 0 Å². The average Bonchev–Trinajstić information content (AvgIpc) is 2.81. The van der Waals surface area contributed by atoms with E-state index in [1.165, 1.54) is 16.2 Å². The van der Waals surface area contributed by atoms with Crippen LogP contribution in [0, 0.1) is 0 Å². The summed E-state index contributed by atoms with van der Waals surface area (Å²) in [5.41, 5.74) is 5.64. The third-order valence-electron chi connectivity index (χ3n) is 2.44. The molecule has 0 aliphatic heterocycles. The zero-order valence-electron chi connectivity index (χ0n) is 10.8. The number of aromatic nitrogens is 2. The monoisotopic (exact) mass is 280 g/mol. The molecule has 8 heteroatoms. The van der Waals surface area contributed by atoms with Gasteiger partial charge in [0.05, 0.1) is 5.39 Å². The Kier molecular flexibility index (Phi) is 4.00. The molecule has 0 spiro atoms. The highest BCUT2D eigenvalue weighted by Gasteiger charge is 2.07. The first-order chi connectivity index (χ1) is 9.08. The lowest BCUT2D eigenvalue weighted by Crippen LogP contribution is -2.37. The zero-order valence-corrected chi connectivity index (χ0v) is 11.6. The Hall–Kier alpha value is -2.09. The van der Waals surface area contributed by atoms with Crippen LogP contribution in [-0.2, 0) is 0 Å². The molecule has 0 saturated heterocycles. The molecule has 2 aromatic heterocycles. The van der Waals surface area contributed by atoms with Crippen LogP contribution in [0.1, 0.15) is 0 Å². The van der Waals surface area contributed by atoms with Gasteiger partial charge in [-0.15, -0.1) is 11.3 Å². The number of urea groups is 1. The Morgan fingerprint density at radius 3 is 2.95 bits per heavy atom. The number of nitrogen functional groups attached to an aromatic ring is 1. The van der Waals surface area contributed by atoms with Gasteiger partial charge in [0.25, 0.3) is 0 Å². The third kappa shape index (κ3) is 3.22. The Bertz CT molecular complexity index is 582. The van der Waals surface area contributed by atoms with Crippen LogP contribution in [0.2, 0.25) is 0 Å². The molecular weight excluding hydrogens is 264 g/mol. The molecule has 102 valence electrons. The summed E-state index contributed by atoms with van der Waals surface area (Å²) in [5, 5.41) is 8.80. The van der Waals surface area contributed by atoms with E-state index in [0.29, 0.717) is 18.9 Å². The number of carbonyl (C=O) groups excluding carboxylic acids is 1. The van der Waals surface area contributed by atoms with E-state index in [4.69, 9.17) is 5.73 Å². The molecular formula is C11H16N6OS. The van der Waals surface area contributed by atoms with Crippen molar-refractivity contribution >= 4 is 39.4 Å². The maximum Gasteiger partial charge on any atom is 0.316 e. The van der Waals surface area contributed by atoms with Gasteiger partial charge >= 0.3 is 6.03 Å². The van der Waals surface area contributed by atoms with Crippen LogP contribution < -0.4 is 16.4 Å². The van der Waals surface area contributed by atoms with Gasteiger partial charge in [0, 0.05) is 27.2 Å². The summed E-state index contributed by atoms with van der Waals surface area (Å²) in [6, 6.07) is 1.82. The Morgan fingerprint density at radius 1 is 1.42 bits per heavy atom. The zero-order chi connectivity index (χ0) is 13.8. The van der Waals surface area contributed by atoms with Gasteiger partial charge in [-0.1, -0.05) is 0 Å². The molecule has 0 unspecified atom stereocenters. The van der Waals surface area contributed by atoms with Gasteiger partial charge in [-0.2, -0.15) is 4.98 Å². The van der Waals surface area contributed by atoms with E-state index in [9.17, 15) is 4.79 Å². The van der Waals surface area contributed by atoms with Crippen LogP contribution in [0.25, 0.3) is 10.2 Å². The van der Waals surface area contributed by atoms with E-state index < -0.39 is 0 Å². The first-order valence-electron chi connectivity index (χ1n) is 5.77. The van der Waals surface area contributed by atoms with Crippen LogP contribution in [-0.4, -0.2) is 48.1 Å². The molecule has 0 aromatic carbocycles. The number of hydrogen-bond donors (Lipinski definition) is 3. The number of nitrogens with two attached hydrogens (primary N) is 1. The van der Waals surface area contributed by atoms with E-state index in [-0.39, 0.29) is 12.0 Å². The van der Waals surface area contributed by atoms with Crippen molar-refractivity contribution < 1.29 is 4.79 Å². The second-order valence-corrected chi connectivity index (χ2v) is 5.02. The smallest absolute Gasteiger partial charge is 0.316 e. The molecule has 0 atom stereocenters. The Morgan fingerprint density at radius 2 is 2.21 bits per heavy atom. The summed E-state index contributed by atoms with van der Waals surface area (Å²) in [6.45, 7) is 1.08. The molecule has 4 N–H and O–H groups in total. The molecule has 2 aromatic rings. The topological polar surface area (TPSA) is 96.2 Å².